The van der Waals surface area contributed by atoms with Crippen molar-refractivity contribution >= 4 is 21.7 Å². The summed E-state index contributed by atoms with van der Waals surface area (Å²) in [5.41, 5.74) is 0.501. The summed E-state index contributed by atoms with van der Waals surface area (Å²) in [6.45, 7) is 2.25. The Kier molecular flexibility index (Phi) is 5.20. The van der Waals surface area contributed by atoms with Crippen molar-refractivity contribution in [1.82, 2.24) is 4.90 Å². The van der Waals surface area contributed by atoms with Crippen LogP contribution in [0, 0.1) is 11.7 Å². The fourth-order valence-electron chi connectivity index (χ4n) is 3.22. The molecule has 2 nitrogen and oxygen atoms in total. The fraction of sp³-hybridized carbons (Fsp3) is 0.588. The van der Waals surface area contributed by atoms with E-state index in [0.29, 0.717) is 16.8 Å². The molecule has 1 aromatic carbocycles. The number of hydrogen-bond acceptors (Lipinski definition) is 2. The number of ketones is 1. The second-order valence-corrected chi connectivity index (χ2v) is 7.30. The number of carbonyl (C=O) groups excluding carboxylic acids is 1. The molecule has 1 saturated carbocycles. The van der Waals surface area contributed by atoms with E-state index in [-0.39, 0.29) is 17.1 Å². The van der Waals surface area contributed by atoms with Crippen LogP contribution in [0.5, 0.6) is 0 Å². The van der Waals surface area contributed by atoms with Crippen LogP contribution < -0.4 is 0 Å². The number of hydrogen-bond donors (Lipinski definition) is 0. The van der Waals surface area contributed by atoms with Crippen LogP contribution in [0.2, 0.25) is 0 Å². The van der Waals surface area contributed by atoms with Gasteiger partial charge in [0.1, 0.15) is 5.82 Å². The Labute approximate surface area is 134 Å². The fourth-order valence-corrected chi connectivity index (χ4v) is 3.71. The summed E-state index contributed by atoms with van der Waals surface area (Å²) < 4.78 is 13.8. The molecule has 0 bridgehead atoms. The van der Waals surface area contributed by atoms with Crippen molar-refractivity contribution in [1.29, 1.82) is 0 Å². The van der Waals surface area contributed by atoms with Crippen molar-refractivity contribution in [2.24, 2.45) is 5.92 Å². The zero-order valence-corrected chi connectivity index (χ0v) is 14.5. The highest BCUT2D eigenvalue weighted by Crippen LogP contribution is 2.37. The molecule has 0 atom stereocenters. The Balaban J connectivity index is 2.20. The molecule has 0 aromatic heterocycles. The Morgan fingerprint density at radius 2 is 2.00 bits per heavy atom. The molecule has 2 rings (SSSR count). The number of carbonyl (C=O) groups is 1. The predicted molar refractivity (Wildman–Crippen MR) is 86.9 cm³/mol. The van der Waals surface area contributed by atoms with Gasteiger partial charge in [0.15, 0.2) is 5.78 Å². The van der Waals surface area contributed by atoms with E-state index in [2.05, 4.69) is 27.8 Å². The summed E-state index contributed by atoms with van der Waals surface area (Å²) in [6, 6.07) is 4.54. The van der Waals surface area contributed by atoms with Crippen LogP contribution in [0.15, 0.2) is 22.7 Å². The monoisotopic (exact) mass is 355 g/mol. The van der Waals surface area contributed by atoms with Gasteiger partial charge < -0.3 is 0 Å². The third-order valence-electron chi connectivity index (χ3n) is 4.84. The maximum absolute atomic E-state index is 13.2. The summed E-state index contributed by atoms with van der Waals surface area (Å²) in [5.74, 6) is 0.655. The summed E-state index contributed by atoms with van der Waals surface area (Å²) >= 11 is 3.36. The number of halogens is 2. The minimum absolute atomic E-state index is 0.242. The van der Waals surface area contributed by atoms with Crippen molar-refractivity contribution in [2.45, 2.75) is 44.6 Å². The van der Waals surface area contributed by atoms with E-state index < -0.39 is 0 Å². The first-order chi connectivity index (χ1) is 9.85. The van der Waals surface area contributed by atoms with Crippen molar-refractivity contribution in [3.63, 3.8) is 0 Å². The van der Waals surface area contributed by atoms with Crippen LogP contribution >= 0.6 is 15.9 Å². The third-order valence-corrected chi connectivity index (χ3v) is 5.58. The second-order valence-electron chi connectivity index (χ2n) is 6.44. The third kappa shape index (κ3) is 3.54. The molecule has 0 heterocycles. The van der Waals surface area contributed by atoms with Gasteiger partial charge >= 0.3 is 0 Å². The zero-order valence-electron chi connectivity index (χ0n) is 13.0. The first-order valence-corrected chi connectivity index (χ1v) is 8.29. The Hall–Kier alpha value is -0.740. The largest absolute Gasteiger partial charge is 0.297 e. The molecule has 0 unspecified atom stereocenters. The molecule has 0 amide bonds. The van der Waals surface area contributed by atoms with E-state index >= 15 is 0 Å². The first kappa shape index (κ1) is 16.6. The van der Waals surface area contributed by atoms with E-state index in [1.165, 1.54) is 12.1 Å². The van der Waals surface area contributed by atoms with Gasteiger partial charge in [0.2, 0.25) is 0 Å². The van der Waals surface area contributed by atoms with Crippen LogP contribution in [0.3, 0.4) is 0 Å². The smallest absolute Gasteiger partial charge is 0.157 e. The van der Waals surface area contributed by atoms with Crippen LogP contribution in [-0.4, -0.2) is 30.3 Å². The molecule has 1 aromatic rings. The first-order valence-electron chi connectivity index (χ1n) is 7.50. The van der Waals surface area contributed by atoms with Crippen molar-refractivity contribution < 1.29 is 9.18 Å². The van der Waals surface area contributed by atoms with Gasteiger partial charge in [-0.05, 0) is 63.4 Å². The Bertz CT molecular complexity index is 522. The second kappa shape index (κ2) is 6.57. The highest BCUT2D eigenvalue weighted by Gasteiger charge is 2.42. The Morgan fingerprint density at radius 1 is 1.38 bits per heavy atom. The molecular formula is C17H23BrFNO. The van der Waals surface area contributed by atoms with Crippen LogP contribution in [0.4, 0.5) is 4.39 Å². The van der Waals surface area contributed by atoms with Gasteiger partial charge in [-0.3, -0.25) is 9.69 Å². The molecule has 0 N–H and O–H groups in total. The zero-order chi connectivity index (χ0) is 15.6. The number of benzene rings is 1. The molecule has 4 heteroatoms. The molecule has 1 aliphatic carbocycles. The lowest BCUT2D eigenvalue weighted by molar-refractivity contribution is -0.131. The van der Waals surface area contributed by atoms with Crippen molar-refractivity contribution in [2.75, 3.05) is 14.1 Å². The van der Waals surface area contributed by atoms with Gasteiger partial charge in [0.25, 0.3) is 0 Å². The maximum atomic E-state index is 13.2. The van der Waals surface area contributed by atoms with Crippen molar-refractivity contribution in [3.8, 4) is 0 Å². The van der Waals surface area contributed by atoms with Gasteiger partial charge in [0, 0.05) is 10.9 Å². The molecule has 0 radical (unpaired) electrons. The lowest BCUT2D eigenvalue weighted by Gasteiger charge is -2.43. The molecule has 1 aliphatic rings. The standard InChI is InChI=1S/C17H23BrFNO/c1-12-6-8-17(9-7-12,20(2)3)16(21)10-13-4-5-14(19)11-15(13)18/h4-5,11-12H,6-10H2,1-3H3. The van der Waals surface area contributed by atoms with E-state index in [0.717, 1.165) is 31.2 Å². The highest BCUT2D eigenvalue weighted by atomic mass is 79.9. The lowest BCUT2D eigenvalue weighted by Crippen LogP contribution is -2.53. The molecule has 0 saturated heterocycles. The molecule has 116 valence electrons. The minimum Gasteiger partial charge on any atom is -0.297 e. The topological polar surface area (TPSA) is 20.3 Å². The van der Waals surface area contributed by atoms with Gasteiger partial charge in [-0.15, -0.1) is 0 Å². The van der Waals surface area contributed by atoms with E-state index in [9.17, 15) is 9.18 Å². The van der Waals surface area contributed by atoms with Gasteiger partial charge in [0.05, 0.1) is 5.54 Å². The predicted octanol–water partition coefficient (Wildman–Crippen LogP) is 4.21. The van der Waals surface area contributed by atoms with Gasteiger partial charge in [-0.1, -0.05) is 28.9 Å². The van der Waals surface area contributed by atoms with Gasteiger partial charge in [-0.25, -0.2) is 4.39 Å². The summed E-state index contributed by atoms with van der Waals surface area (Å²) in [7, 11) is 3.99. The van der Waals surface area contributed by atoms with E-state index in [4.69, 9.17) is 0 Å². The van der Waals surface area contributed by atoms with Crippen LogP contribution in [0.1, 0.15) is 38.2 Å². The summed E-state index contributed by atoms with van der Waals surface area (Å²) in [6.07, 6.45) is 4.37. The molecule has 0 spiro atoms. The lowest BCUT2D eigenvalue weighted by atomic mass is 9.72. The molecule has 21 heavy (non-hydrogen) atoms. The molecular weight excluding hydrogens is 333 g/mol. The molecule has 0 aliphatic heterocycles. The summed E-state index contributed by atoms with van der Waals surface area (Å²) in [5, 5.41) is 0. The number of likely N-dealkylation sites (N-methyl/N-ethyl adjacent to an activating group) is 1. The number of nitrogens with zero attached hydrogens (tertiary/aromatic N) is 1. The minimum atomic E-state index is -0.361. The number of Topliss-reactive ketones (excluding diaryl/α,β-unsaturated/α-hetero) is 1. The number of rotatable bonds is 4. The SMILES string of the molecule is CC1CCC(C(=O)Cc2ccc(F)cc2Br)(N(C)C)CC1. The average molecular weight is 356 g/mol. The van der Waals surface area contributed by atoms with Crippen molar-refractivity contribution in [3.05, 3.63) is 34.1 Å². The maximum Gasteiger partial charge on any atom is 0.157 e. The molecule has 1 fully saturated rings. The Morgan fingerprint density at radius 3 is 2.52 bits per heavy atom. The van der Waals surface area contributed by atoms with E-state index in [1.54, 1.807) is 6.07 Å². The van der Waals surface area contributed by atoms with Gasteiger partial charge in [-0.2, -0.15) is 0 Å². The van der Waals surface area contributed by atoms with E-state index in [1.807, 2.05) is 14.1 Å². The normalized spacial score (nSPS) is 26.1. The summed E-state index contributed by atoms with van der Waals surface area (Å²) in [4.78, 5) is 15.0. The van der Waals surface area contributed by atoms with Crippen LogP contribution in [0.25, 0.3) is 0 Å². The average Bonchev–Trinajstić information content (AvgIpc) is 2.42. The van der Waals surface area contributed by atoms with Crippen LogP contribution in [-0.2, 0) is 11.2 Å². The highest BCUT2D eigenvalue weighted by molar-refractivity contribution is 9.10. The quantitative estimate of drug-likeness (QED) is 0.806.